The minimum Gasteiger partial charge on any atom is -0.406 e. The molecule has 9 heteroatoms. The van der Waals surface area contributed by atoms with Crippen LogP contribution < -0.4 is 10.1 Å². The van der Waals surface area contributed by atoms with Crippen LogP contribution in [0.3, 0.4) is 0 Å². The monoisotopic (exact) mass is 411 g/mol. The van der Waals surface area contributed by atoms with E-state index in [4.69, 9.17) is 27.9 Å². The molecule has 0 fully saturated rings. The molecule has 0 bridgehead atoms. The molecule has 0 spiro atoms. The highest BCUT2D eigenvalue weighted by Gasteiger charge is 2.21. The van der Waals surface area contributed by atoms with Gasteiger partial charge < -0.3 is 4.74 Å². The number of hydrogen-bond acceptors (Lipinski definition) is 3. The zero-order valence-electron chi connectivity index (χ0n) is 13.9. The highest BCUT2D eigenvalue weighted by Crippen LogP contribution is 2.35. The molecule has 1 amide bonds. The molecule has 0 saturated heterocycles. The molecule has 0 atom stereocenters. The number of ether oxygens (including phenoxy) is 1. The molecular weight excluding hydrogens is 399 g/mol. The minimum absolute atomic E-state index is 0.313. The summed E-state index contributed by atoms with van der Waals surface area (Å²) in [5.74, 6) is -0.313. The van der Waals surface area contributed by atoms with Crippen molar-refractivity contribution in [3.8, 4) is 16.9 Å². The summed E-state index contributed by atoms with van der Waals surface area (Å²) in [7, 11) is 1.45. The number of nitrogens with one attached hydrogen (secondary N) is 1. The number of anilines is 1. The van der Waals surface area contributed by atoms with Gasteiger partial charge in [-0.1, -0.05) is 47.5 Å². The fourth-order valence-electron chi connectivity index (χ4n) is 2.48. The third-order valence-corrected chi connectivity index (χ3v) is 4.16. The number of para-hydroxylation sites is 1. The summed E-state index contributed by atoms with van der Waals surface area (Å²) in [5.41, 5.74) is 1.05. The Morgan fingerprint density at radius 1 is 1.19 bits per heavy atom. The van der Waals surface area contributed by atoms with Crippen LogP contribution in [0.4, 0.5) is 19.3 Å². The predicted molar refractivity (Wildman–Crippen MR) is 99.7 cm³/mol. The van der Waals surface area contributed by atoms with Crippen molar-refractivity contribution < 1.29 is 18.3 Å². The maximum absolute atomic E-state index is 13.0. The first-order valence-corrected chi connectivity index (χ1v) is 8.45. The number of aryl methyl sites for hydroxylation is 1. The molecule has 0 saturated carbocycles. The highest BCUT2D eigenvalue weighted by atomic mass is 35.5. The Morgan fingerprint density at radius 3 is 2.63 bits per heavy atom. The molecule has 2 aromatic carbocycles. The highest BCUT2D eigenvalue weighted by molar-refractivity contribution is 6.36. The first kappa shape index (κ1) is 19.1. The predicted octanol–water partition coefficient (Wildman–Crippen LogP) is 5.94. The normalized spacial score (nSPS) is 10.9. The third-order valence-electron chi connectivity index (χ3n) is 3.62. The van der Waals surface area contributed by atoms with Crippen molar-refractivity contribution in [1.82, 2.24) is 9.78 Å². The summed E-state index contributed by atoms with van der Waals surface area (Å²) in [4.78, 5) is 12.2. The molecule has 0 radical (unpaired) electrons. The SMILES string of the molecule is Cn1cc(OC(=O)Nc2ccccc2-c2ccc(Cl)cc2Cl)c(C(F)F)n1. The molecule has 3 rings (SSSR count). The average Bonchev–Trinajstić information content (AvgIpc) is 2.96. The summed E-state index contributed by atoms with van der Waals surface area (Å²) in [5, 5.41) is 7.00. The quantitative estimate of drug-likeness (QED) is 0.577. The van der Waals surface area contributed by atoms with Gasteiger partial charge in [-0.25, -0.2) is 13.6 Å². The third kappa shape index (κ3) is 4.37. The number of halogens is 4. The summed E-state index contributed by atoms with van der Waals surface area (Å²) in [6.07, 6.45) is -2.60. The minimum atomic E-state index is -2.87. The standard InChI is InChI=1S/C18H13Cl2F2N3O2/c1-25-9-15(16(24-25)17(21)22)27-18(26)23-14-5-3-2-4-12(14)11-7-6-10(19)8-13(11)20/h2-9,17H,1H3,(H,23,26). The number of nitrogens with zero attached hydrogens (tertiary/aromatic N) is 2. The van der Waals surface area contributed by atoms with Crippen molar-refractivity contribution in [3.63, 3.8) is 0 Å². The van der Waals surface area contributed by atoms with E-state index < -0.39 is 18.2 Å². The Kier molecular flexibility index (Phi) is 5.62. The van der Waals surface area contributed by atoms with Crippen LogP contribution in [0.2, 0.25) is 10.0 Å². The van der Waals surface area contributed by atoms with Crippen LogP contribution in [0.1, 0.15) is 12.1 Å². The van der Waals surface area contributed by atoms with Crippen molar-refractivity contribution >= 4 is 35.0 Å². The van der Waals surface area contributed by atoms with E-state index in [1.807, 2.05) is 0 Å². The van der Waals surface area contributed by atoms with Gasteiger partial charge in [0.15, 0.2) is 11.4 Å². The number of benzene rings is 2. The lowest BCUT2D eigenvalue weighted by Crippen LogP contribution is -2.17. The second kappa shape index (κ2) is 7.94. The molecule has 0 aliphatic carbocycles. The van der Waals surface area contributed by atoms with Crippen LogP contribution in [0, 0.1) is 0 Å². The molecule has 1 heterocycles. The summed E-state index contributed by atoms with van der Waals surface area (Å²) in [6, 6.07) is 11.8. The van der Waals surface area contributed by atoms with Gasteiger partial charge in [0.25, 0.3) is 6.43 Å². The number of rotatable bonds is 4. The largest absolute Gasteiger partial charge is 0.417 e. The number of alkyl halides is 2. The van der Waals surface area contributed by atoms with Crippen molar-refractivity contribution in [1.29, 1.82) is 0 Å². The van der Waals surface area contributed by atoms with Gasteiger partial charge in [-0.15, -0.1) is 0 Å². The zero-order valence-corrected chi connectivity index (χ0v) is 15.4. The van der Waals surface area contributed by atoms with Gasteiger partial charge in [-0.3, -0.25) is 10.00 Å². The molecule has 5 nitrogen and oxygen atoms in total. The van der Waals surface area contributed by atoms with Crippen molar-refractivity contribution in [3.05, 3.63) is 64.4 Å². The van der Waals surface area contributed by atoms with Crippen LogP contribution in [0.15, 0.2) is 48.7 Å². The van der Waals surface area contributed by atoms with Gasteiger partial charge in [0, 0.05) is 28.2 Å². The van der Waals surface area contributed by atoms with E-state index in [0.717, 1.165) is 4.68 Å². The Bertz CT molecular complexity index is 992. The number of aromatic nitrogens is 2. The smallest absolute Gasteiger partial charge is 0.406 e. The zero-order chi connectivity index (χ0) is 19.6. The lowest BCUT2D eigenvalue weighted by Gasteiger charge is -2.12. The van der Waals surface area contributed by atoms with E-state index in [1.54, 1.807) is 42.5 Å². The van der Waals surface area contributed by atoms with Crippen LogP contribution in [0.5, 0.6) is 5.75 Å². The summed E-state index contributed by atoms with van der Waals surface area (Å²) < 4.78 is 32.1. The number of hydrogen-bond donors (Lipinski definition) is 1. The van der Waals surface area contributed by atoms with Gasteiger partial charge in [0.1, 0.15) is 0 Å². The first-order valence-electron chi connectivity index (χ1n) is 7.70. The van der Waals surface area contributed by atoms with E-state index in [0.29, 0.717) is 26.9 Å². The molecule has 3 aromatic rings. The maximum Gasteiger partial charge on any atom is 0.417 e. The van der Waals surface area contributed by atoms with E-state index >= 15 is 0 Å². The fourth-order valence-corrected chi connectivity index (χ4v) is 2.99. The summed E-state index contributed by atoms with van der Waals surface area (Å²) in [6.45, 7) is 0. The van der Waals surface area contributed by atoms with E-state index in [1.165, 1.54) is 13.2 Å². The van der Waals surface area contributed by atoms with Gasteiger partial charge in [-0.2, -0.15) is 5.10 Å². The van der Waals surface area contributed by atoms with Gasteiger partial charge in [0.2, 0.25) is 0 Å². The first-order chi connectivity index (χ1) is 12.8. The Labute approximate surface area is 163 Å². The molecule has 0 unspecified atom stereocenters. The van der Waals surface area contributed by atoms with E-state index in [2.05, 4.69) is 10.4 Å². The van der Waals surface area contributed by atoms with Crippen LogP contribution in [-0.2, 0) is 7.05 Å². The van der Waals surface area contributed by atoms with Crippen LogP contribution >= 0.6 is 23.2 Å². The number of carbonyl (C=O) groups is 1. The van der Waals surface area contributed by atoms with Crippen LogP contribution in [-0.4, -0.2) is 15.9 Å². The lowest BCUT2D eigenvalue weighted by atomic mass is 10.0. The topological polar surface area (TPSA) is 56.1 Å². The Morgan fingerprint density at radius 2 is 1.93 bits per heavy atom. The second-order valence-electron chi connectivity index (χ2n) is 5.54. The van der Waals surface area contributed by atoms with Crippen molar-refractivity contribution in [2.24, 2.45) is 7.05 Å². The second-order valence-corrected chi connectivity index (χ2v) is 6.38. The molecule has 0 aliphatic rings. The van der Waals surface area contributed by atoms with E-state index in [9.17, 15) is 13.6 Å². The molecule has 140 valence electrons. The average molecular weight is 412 g/mol. The molecule has 0 aliphatic heterocycles. The molecule has 1 aromatic heterocycles. The number of amides is 1. The van der Waals surface area contributed by atoms with Gasteiger partial charge >= 0.3 is 6.09 Å². The summed E-state index contributed by atoms with van der Waals surface area (Å²) >= 11 is 12.2. The maximum atomic E-state index is 13.0. The molecular formula is C18H13Cl2F2N3O2. The fraction of sp³-hybridized carbons (Fsp3) is 0.111. The van der Waals surface area contributed by atoms with Crippen molar-refractivity contribution in [2.45, 2.75) is 6.43 Å². The Hall–Kier alpha value is -2.64. The molecule has 27 heavy (non-hydrogen) atoms. The van der Waals surface area contributed by atoms with Gasteiger partial charge in [0.05, 0.1) is 11.9 Å². The molecule has 1 N–H and O–H groups in total. The van der Waals surface area contributed by atoms with Crippen LogP contribution in [0.25, 0.3) is 11.1 Å². The van der Waals surface area contributed by atoms with E-state index in [-0.39, 0.29) is 5.75 Å². The van der Waals surface area contributed by atoms with Crippen molar-refractivity contribution in [2.75, 3.05) is 5.32 Å². The number of carbonyl (C=O) groups excluding carboxylic acids is 1. The Balaban J connectivity index is 1.85. The van der Waals surface area contributed by atoms with Gasteiger partial charge in [-0.05, 0) is 18.2 Å². The lowest BCUT2D eigenvalue weighted by molar-refractivity contribution is 0.141.